The van der Waals surface area contributed by atoms with Crippen LogP contribution in [0.25, 0.3) is 22.5 Å². The summed E-state index contributed by atoms with van der Waals surface area (Å²) in [6, 6.07) is 19.6. The quantitative estimate of drug-likeness (QED) is 0.339. The Hall–Kier alpha value is -4.08. The van der Waals surface area contributed by atoms with Gasteiger partial charge in [-0.1, -0.05) is 59.8 Å². The van der Waals surface area contributed by atoms with Crippen molar-refractivity contribution in [2.75, 3.05) is 7.11 Å². The third kappa shape index (κ3) is 4.84. The van der Waals surface area contributed by atoms with E-state index in [1.54, 1.807) is 23.0 Å². The molecular weight excluding hydrogens is 476 g/mol. The van der Waals surface area contributed by atoms with Gasteiger partial charge in [0.15, 0.2) is 5.82 Å². The zero-order valence-corrected chi connectivity index (χ0v) is 20.7. The molecule has 9 heteroatoms. The summed E-state index contributed by atoms with van der Waals surface area (Å²) in [5.41, 5.74) is 4.84. The Kier molecular flexibility index (Phi) is 6.75. The topological polar surface area (TPSA) is 103 Å². The van der Waals surface area contributed by atoms with Crippen molar-refractivity contribution in [2.24, 2.45) is 0 Å². The number of nitrogens with one attached hydrogen (secondary N) is 1. The Morgan fingerprint density at radius 2 is 1.81 bits per heavy atom. The molecule has 0 saturated heterocycles. The number of nitrogens with zero attached hydrogens (tertiary/aromatic N) is 3. The predicted octanol–water partition coefficient (Wildman–Crippen LogP) is 4.41. The molecule has 0 aliphatic rings. The van der Waals surface area contributed by atoms with Crippen molar-refractivity contribution in [2.45, 2.75) is 26.5 Å². The van der Waals surface area contributed by atoms with E-state index in [4.69, 9.17) is 9.72 Å². The molecule has 8 nitrogen and oxygen atoms in total. The predicted molar refractivity (Wildman–Crippen MR) is 138 cm³/mol. The summed E-state index contributed by atoms with van der Waals surface area (Å²) < 4.78 is 11.8. The van der Waals surface area contributed by atoms with Gasteiger partial charge < -0.3 is 4.74 Å². The van der Waals surface area contributed by atoms with Crippen molar-refractivity contribution in [1.82, 2.24) is 19.7 Å². The van der Waals surface area contributed by atoms with Crippen molar-refractivity contribution in [1.29, 1.82) is 0 Å². The first-order chi connectivity index (χ1) is 17.5. The summed E-state index contributed by atoms with van der Waals surface area (Å²) in [5, 5.41) is 5.83. The smallest absolute Gasteiger partial charge is 0.378 e. The van der Waals surface area contributed by atoms with E-state index in [0.717, 1.165) is 27.1 Å². The fraction of sp³-hybridized carbons (Fsp3) is 0.185. The van der Waals surface area contributed by atoms with Crippen LogP contribution in [0.5, 0.6) is 0 Å². The summed E-state index contributed by atoms with van der Waals surface area (Å²) in [6.07, 6.45) is 0.438. The van der Waals surface area contributed by atoms with Crippen LogP contribution >= 0.6 is 11.3 Å². The third-order valence-electron chi connectivity index (χ3n) is 5.98. The monoisotopic (exact) mass is 500 g/mol. The molecule has 2 aromatic carbocycles. The van der Waals surface area contributed by atoms with Gasteiger partial charge in [0.05, 0.1) is 18.8 Å². The van der Waals surface area contributed by atoms with E-state index < -0.39 is 5.76 Å². The molecule has 3 heterocycles. The van der Waals surface area contributed by atoms with Crippen LogP contribution in [0, 0.1) is 6.92 Å². The number of aryl methyl sites for hydroxylation is 1. The van der Waals surface area contributed by atoms with Crippen molar-refractivity contribution < 1.29 is 9.26 Å². The lowest BCUT2D eigenvalue weighted by molar-refractivity contribution is 0.180. The van der Waals surface area contributed by atoms with E-state index in [0.29, 0.717) is 35.9 Å². The number of aromatic amines is 1. The van der Waals surface area contributed by atoms with Crippen LogP contribution in [0.3, 0.4) is 0 Å². The molecule has 0 amide bonds. The number of thiophene rings is 1. The number of aromatic nitrogens is 4. The highest BCUT2D eigenvalue weighted by atomic mass is 32.1. The van der Waals surface area contributed by atoms with E-state index in [-0.39, 0.29) is 12.2 Å². The number of H-pyrrole nitrogens is 1. The van der Waals surface area contributed by atoms with Crippen LogP contribution < -0.4 is 11.3 Å². The minimum absolute atomic E-state index is 0.0487. The summed E-state index contributed by atoms with van der Waals surface area (Å²) in [4.78, 5) is 33.4. The molecule has 0 radical (unpaired) electrons. The number of hydrogen-bond donors (Lipinski definition) is 1. The van der Waals surface area contributed by atoms with Crippen LogP contribution in [0.1, 0.15) is 27.5 Å². The molecule has 0 spiro atoms. The highest BCUT2D eigenvalue weighted by molar-refractivity contribution is 7.09. The molecule has 5 aromatic rings. The zero-order valence-electron chi connectivity index (χ0n) is 19.9. The molecule has 3 aromatic heterocycles. The van der Waals surface area contributed by atoms with Crippen LogP contribution in [-0.2, 0) is 24.3 Å². The highest BCUT2D eigenvalue weighted by Gasteiger charge is 2.17. The van der Waals surface area contributed by atoms with Crippen molar-refractivity contribution in [3.63, 3.8) is 0 Å². The molecule has 0 aliphatic carbocycles. The van der Waals surface area contributed by atoms with Gasteiger partial charge in [0.25, 0.3) is 5.56 Å². The molecule has 0 aliphatic heterocycles. The normalized spacial score (nSPS) is 11.2. The summed E-state index contributed by atoms with van der Waals surface area (Å²) in [7, 11) is 1.60. The van der Waals surface area contributed by atoms with E-state index in [1.165, 1.54) is 0 Å². The van der Waals surface area contributed by atoms with Crippen LogP contribution in [0.2, 0.25) is 0 Å². The number of methoxy groups -OCH3 is 1. The van der Waals surface area contributed by atoms with Gasteiger partial charge in [-0.05, 0) is 35.1 Å². The van der Waals surface area contributed by atoms with Crippen LogP contribution in [0.15, 0.2) is 80.2 Å². The average Bonchev–Trinajstić information content (AvgIpc) is 3.56. The van der Waals surface area contributed by atoms with E-state index >= 15 is 0 Å². The first kappa shape index (κ1) is 23.7. The molecule has 0 atom stereocenters. The van der Waals surface area contributed by atoms with Crippen LogP contribution in [-0.4, -0.2) is 26.8 Å². The summed E-state index contributed by atoms with van der Waals surface area (Å²) >= 11 is 1.62. The van der Waals surface area contributed by atoms with Gasteiger partial charge in [-0.3, -0.25) is 18.9 Å². The molecular formula is C27H24N4O4S. The molecule has 0 bridgehead atoms. The zero-order chi connectivity index (χ0) is 25.1. The Labute approximate surface area is 210 Å². The maximum absolute atomic E-state index is 13.5. The van der Waals surface area contributed by atoms with Gasteiger partial charge in [0.1, 0.15) is 5.82 Å². The molecule has 1 N–H and O–H groups in total. The fourth-order valence-electron chi connectivity index (χ4n) is 4.23. The van der Waals surface area contributed by atoms with Gasteiger partial charge in [0, 0.05) is 29.5 Å². The van der Waals surface area contributed by atoms with Gasteiger partial charge in [-0.15, -0.1) is 11.3 Å². The maximum atomic E-state index is 13.5. The molecule has 36 heavy (non-hydrogen) atoms. The first-order valence-electron chi connectivity index (χ1n) is 11.4. The van der Waals surface area contributed by atoms with E-state index in [1.807, 2.05) is 73.0 Å². The lowest BCUT2D eigenvalue weighted by atomic mass is 9.96. The van der Waals surface area contributed by atoms with Crippen molar-refractivity contribution in [3.8, 4) is 22.5 Å². The van der Waals surface area contributed by atoms with E-state index in [9.17, 15) is 9.59 Å². The molecule has 182 valence electrons. The van der Waals surface area contributed by atoms with Crippen molar-refractivity contribution >= 4 is 11.3 Å². The first-order valence-corrected chi connectivity index (χ1v) is 12.3. The number of ether oxygens (including phenoxy) is 1. The standard InChI is InChI=1S/C27H24N4O4S/c1-17-28-24(16-34-2)23(26(32)31(17)15-20-6-5-13-36-20)14-18-9-11-19(12-10-18)21-7-3-4-8-22(21)25-29-27(33)35-30-25/h3-13H,14-16H2,1-2H3,(H,29,30,33). The number of rotatable bonds is 8. The molecule has 0 unspecified atom stereocenters. The Balaban J connectivity index is 1.48. The minimum atomic E-state index is -0.599. The second-order valence-corrected chi connectivity index (χ2v) is 9.38. The molecule has 0 saturated carbocycles. The van der Waals surface area contributed by atoms with Gasteiger partial charge in [-0.2, -0.15) is 0 Å². The summed E-state index contributed by atoms with van der Waals surface area (Å²) in [5.74, 6) is 0.446. The Bertz CT molecular complexity index is 1600. The van der Waals surface area contributed by atoms with Gasteiger partial charge in [0.2, 0.25) is 0 Å². The largest absolute Gasteiger partial charge is 0.439 e. The fourth-order valence-corrected chi connectivity index (χ4v) is 4.92. The maximum Gasteiger partial charge on any atom is 0.439 e. The minimum Gasteiger partial charge on any atom is -0.378 e. The SMILES string of the molecule is COCc1nc(C)n(Cc2cccs2)c(=O)c1Cc1ccc(-c2ccccc2-c2noc(=O)[nH]2)cc1. The lowest BCUT2D eigenvalue weighted by Crippen LogP contribution is -2.29. The van der Waals surface area contributed by atoms with Crippen molar-refractivity contribution in [3.05, 3.63) is 114 Å². The molecule has 5 rings (SSSR count). The summed E-state index contributed by atoms with van der Waals surface area (Å²) in [6.45, 7) is 2.62. The second-order valence-electron chi connectivity index (χ2n) is 8.35. The van der Waals surface area contributed by atoms with E-state index in [2.05, 4.69) is 14.7 Å². The van der Waals surface area contributed by atoms with Crippen LogP contribution in [0.4, 0.5) is 0 Å². The van der Waals surface area contributed by atoms with Gasteiger partial charge >= 0.3 is 5.76 Å². The average molecular weight is 501 g/mol. The third-order valence-corrected chi connectivity index (χ3v) is 6.84. The lowest BCUT2D eigenvalue weighted by Gasteiger charge is -2.15. The van der Waals surface area contributed by atoms with Gasteiger partial charge in [-0.25, -0.2) is 9.78 Å². The highest BCUT2D eigenvalue weighted by Crippen LogP contribution is 2.30. The second kappa shape index (κ2) is 10.3. The number of hydrogen-bond acceptors (Lipinski definition) is 7. The number of benzene rings is 2. The molecule has 0 fully saturated rings. The Morgan fingerprint density at radius 3 is 2.47 bits per heavy atom. The Morgan fingerprint density at radius 1 is 1.03 bits per heavy atom.